The third-order valence-corrected chi connectivity index (χ3v) is 3.40. The highest BCUT2D eigenvalue weighted by Crippen LogP contribution is 2.20. The number of urea groups is 1. The van der Waals surface area contributed by atoms with Gasteiger partial charge in [-0.25, -0.2) is 4.79 Å². The van der Waals surface area contributed by atoms with Gasteiger partial charge in [0.05, 0.1) is 0 Å². The minimum Gasteiger partial charge on any atom is -0.325 e. The van der Waals surface area contributed by atoms with E-state index in [2.05, 4.69) is 16.7 Å². The van der Waals surface area contributed by atoms with Crippen LogP contribution in [0.5, 0.6) is 0 Å². The van der Waals surface area contributed by atoms with Gasteiger partial charge in [-0.1, -0.05) is 12.1 Å². The maximum atomic E-state index is 12.0. The molecule has 1 fully saturated rings. The lowest BCUT2D eigenvalue weighted by molar-refractivity contribution is 0.217. The smallest absolute Gasteiger partial charge is 0.321 e. The molecule has 0 atom stereocenters. The Kier molecular flexibility index (Phi) is 4.80. The van der Waals surface area contributed by atoms with Gasteiger partial charge in [-0.3, -0.25) is 0 Å². The molecule has 0 saturated heterocycles. The first kappa shape index (κ1) is 13.9. The molecule has 1 aliphatic carbocycles. The molecule has 19 heavy (non-hydrogen) atoms. The van der Waals surface area contributed by atoms with Gasteiger partial charge in [0.2, 0.25) is 0 Å². The minimum atomic E-state index is -0.0303. The van der Waals surface area contributed by atoms with Crippen molar-refractivity contribution in [1.29, 1.82) is 0 Å². The van der Waals surface area contributed by atoms with Crippen LogP contribution in [0.2, 0.25) is 0 Å². The number of hydrogen-bond acceptors (Lipinski definition) is 2. The maximum absolute atomic E-state index is 12.0. The fourth-order valence-electron chi connectivity index (χ4n) is 2.02. The van der Waals surface area contributed by atoms with Crippen LogP contribution >= 0.6 is 0 Å². The predicted molar refractivity (Wildman–Crippen MR) is 78.2 cm³/mol. The van der Waals surface area contributed by atoms with Crippen LogP contribution in [0.3, 0.4) is 0 Å². The Labute approximate surface area is 115 Å². The minimum absolute atomic E-state index is 0.0303. The predicted octanol–water partition coefficient (Wildman–Crippen LogP) is 2.81. The molecule has 0 aromatic heterocycles. The van der Waals surface area contributed by atoms with E-state index in [4.69, 9.17) is 0 Å². The largest absolute Gasteiger partial charge is 0.325 e. The Hall–Kier alpha value is -1.55. The SMILES string of the molecule is CCN(CC)C(=O)Nc1cccc(CNC2CC2)c1. The highest BCUT2D eigenvalue weighted by atomic mass is 16.2. The van der Waals surface area contributed by atoms with Gasteiger partial charge in [0.15, 0.2) is 0 Å². The van der Waals surface area contributed by atoms with Crippen LogP contribution in [-0.4, -0.2) is 30.1 Å². The molecule has 0 radical (unpaired) electrons. The van der Waals surface area contributed by atoms with E-state index in [-0.39, 0.29) is 6.03 Å². The molecule has 1 aromatic rings. The summed E-state index contributed by atoms with van der Waals surface area (Å²) in [6.45, 7) is 6.30. The van der Waals surface area contributed by atoms with E-state index in [1.165, 1.54) is 18.4 Å². The summed E-state index contributed by atoms with van der Waals surface area (Å²) < 4.78 is 0. The van der Waals surface area contributed by atoms with Crippen molar-refractivity contribution in [2.45, 2.75) is 39.3 Å². The number of carbonyl (C=O) groups excluding carboxylic acids is 1. The second-order valence-electron chi connectivity index (χ2n) is 4.96. The fourth-order valence-corrected chi connectivity index (χ4v) is 2.02. The van der Waals surface area contributed by atoms with Crippen molar-refractivity contribution in [1.82, 2.24) is 10.2 Å². The van der Waals surface area contributed by atoms with E-state index in [1.807, 2.05) is 32.0 Å². The third kappa shape index (κ3) is 4.24. The zero-order chi connectivity index (χ0) is 13.7. The van der Waals surface area contributed by atoms with Gasteiger partial charge in [-0.15, -0.1) is 0 Å². The van der Waals surface area contributed by atoms with Gasteiger partial charge in [-0.2, -0.15) is 0 Å². The van der Waals surface area contributed by atoms with Crippen molar-refractivity contribution < 1.29 is 4.79 Å². The summed E-state index contributed by atoms with van der Waals surface area (Å²) in [5.74, 6) is 0. The van der Waals surface area contributed by atoms with Crippen molar-refractivity contribution in [3.63, 3.8) is 0 Å². The number of nitrogens with zero attached hydrogens (tertiary/aromatic N) is 1. The summed E-state index contributed by atoms with van der Waals surface area (Å²) in [5, 5.41) is 6.42. The van der Waals surface area contributed by atoms with E-state index in [9.17, 15) is 4.79 Å². The molecule has 2 amide bonds. The molecule has 1 saturated carbocycles. The van der Waals surface area contributed by atoms with Gasteiger partial charge < -0.3 is 15.5 Å². The highest BCUT2D eigenvalue weighted by molar-refractivity contribution is 5.89. The highest BCUT2D eigenvalue weighted by Gasteiger charge is 2.19. The monoisotopic (exact) mass is 261 g/mol. The first-order valence-electron chi connectivity index (χ1n) is 7.11. The Morgan fingerprint density at radius 1 is 1.32 bits per heavy atom. The standard InChI is InChI=1S/C15H23N3O/c1-3-18(4-2)15(19)17-14-7-5-6-12(10-14)11-16-13-8-9-13/h5-7,10,13,16H,3-4,8-9,11H2,1-2H3,(H,17,19). The lowest BCUT2D eigenvalue weighted by Gasteiger charge is -2.19. The van der Waals surface area contributed by atoms with Gasteiger partial charge in [0, 0.05) is 31.4 Å². The van der Waals surface area contributed by atoms with Gasteiger partial charge >= 0.3 is 6.03 Å². The van der Waals surface area contributed by atoms with Crippen LogP contribution in [0.25, 0.3) is 0 Å². The second-order valence-corrected chi connectivity index (χ2v) is 4.96. The molecule has 1 aliphatic rings. The molecule has 104 valence electrons. The molecule has 4 nitrogen and oxygen atoms in total. The molecule has 2 N–H and O–H groups in total. The summed E-state index contributed by atoms with van der Waals surface area (Å²) in [6.07, 6.45) is 2.58. The van der Waals surface area contributed by atoms with Crippen molar-refractivity contribution in [3.05, 3.63) is 29.8 Å². The number of carbonyl (C=O) groups is 1. The molecule has 0 heterocycles. The zero-order valence-electron chi connectivity index (χ0n) is 11.8. The number of nitrogens with one attached hydrogen (secondary N) is 2. The average Bonchev–Trinajstić information content (AvgIpc) is 3.22. The fraction of sp³-hybridized carbons (Fsp3) is 0.533. The maximum Gasteiger partial charge on any atom is 0.321 e. The first-order valence-corrected chi connectivity index (χ1v) is 7.11. The molecule has 0 unspecified atom stereocenters. The molecule has 4 heteroatoms. The summed E-state index contributed by atoms with van der Waals surface area (Å²) in [6, 6.07) is 8.72. The van der Waals surface area contributed by atoms with E-state index in [1.54, 1.807) is 4.90 Å². The Balaban J connectivity index is 1.91. The summed E-state index contributed by atoms with van der Waals surface area (Å²) in [4.78, 5) is 13.7. The first-order chi connectivity index (χ1) is 9.22. The normalized spacial score (nSPS) is 14.2. The molecule has 0 aliphatic heterocycles. The lowest BCUT2D eigenvalue weighted by atomic mass is 10.2. The molecule has 2 rings (SSSR count). The molecule has 0 bridgehead atoms. The number of amides is 2. The van der Waals surface area contributed by atoms with Crippen molar-refractivity contribution >= 4 is 11.7 Å². The van der Waals surface area contributed by atoms with Crippen molar-refractivity contribution in [2.75, 3.05) is 18.4 Å². The molecule has 0 spiro atoms. The van der Waals surface area contributed by atoms with Gasteiger partial charge in [-0.05, 0) is 44.4 Å². The summed E-state index contributed by atoms with van der Waals surface area (Å²) in [7, 11) is 0. The van der Waals surface area contributed by atoms with E-state index in [0.29, 0.717) is 6.04 Å². The Morgan fingerprint density at radius 2 is 2.05 bits per heavy atom. The van der Waals surface area contributed by atoms with Gasteiger partial charge in [0.1, 0.15) is 0 Å². The van der Waals surface area contributed by atoms with Crippen molar-refractivity contribution in [3.8, 4) is 0 Å². The zero-order valence-corrected chi connectivity index (χ0v) is 11.8. The van der Waals surface area contributed by atoms with Crippen LogP contribution in [0.15, 0.2) is 24.3 Å². The van der Waals surface area contributed by atoms with E-state index < -0.39 is 0 Å². The third-order valence-electron chi connectivity index (χ3n) is 3.40. The van der Waals surface area contributed by atoms with Crippen LogP contribution in [0.1, 0.15) is 32.3 Å². The molecular weight excluding hydrogens is 238 g/mol. The van der Waals surface area contributed by atoms with Crippen LogP contribution in [0, 0.1) is 0 Å². The number of rotatable bonds is 6. The van der Waals surface area contributed by atoms with Crippen LogP contribution in [-0.2, 0) is 6.54 Å². The number of anilines is 1. The summed E-state index contributed by atoms with van der Waals surface area (Å²) >= 11 is 0. The molecular formula is C15H23N3O. The van der Waals surface area contributed by atoms with Gasteiger partial charge in [0.25, 0.3) is 0 Å². The van der Waals surface area contributed by atoms with E-state index in [0.717, 1.165) is 25.3 Å². The quantitative estimate of drug-likeness (QED) is 0.827. The van der Waals surface area contributed by atoms with Crippen molar-refractivity contribution in [2.24, 2.45) is 0 Å². The lowest BCUT2D eigenvalue weighted by Crippen LogP contribution is -2.34. The average molecular weight is 261 g/mol. The van der Waals surface area contributed by atoms with E-state index >= 15 is 0 Å². The topological polar surface area (TPSA) is 44.4 Å². The number of benzene rings is 1. The Bertz CT molecular complexity index is 425. The van der Waals surface area contributed by atoms with Crippen LogP contribution in [0.4, 0.5) is 10.5 Å². The second kappa shape index (κ2) is 6.57. The number of hydrogen-bond donors (Lipinski definition) is 2. The van der Waals surface area contributed by atoms with Crippen LogP contribution < -0.4 is 10.6 Å². The Morgan fingerprint density at radius 3 is 2.68 bits per heavy atom. The molecule has 1 aromatic carbocycles. The summed E-state index contributed by atoms with van der Waals surface area (Å²) in [5.41, 5.74) is 2.08.